The fraction of sp³-hybridized carbons (Fsp3) is 0.474. The molecule has 0 bridgehead atoms. The fourth-order valence-electron chi connectivity index (χ4n) is 3.13. The van der Waals surface area contributed by atoms with Crippen LogP contribution >= 0.6 is 0 Å². The number of carbonyl (C=O) groups excluding carboxylic acids is 1. The number of hydrogen-bond acceptors (Lipinski definition) is 4. The first-order chi connectivity index (χ1) is 12.2. The molecule has 1 aliphatic rings. The molecule has 1 N–H and O–H groups in total. The Labute approximate surface area is 148 Å². The third-order valence-corrected chi connectivity index (χ3v) is 4.47. The van der Waals surface area contributed by atoms with Gasteiger partial charge in [0.2, 0.25) is 0 Å². The van der Waals surface area contributed by atoms with Crippen molar-refractivity contribution >= 4 is 5.91 Å². The molecule has 0 aliphatic carbocycles. The lowest BCUT2D eigenvalue weighted by Crippen LogP contribution is -2.48. The van der Waals surface area contributed by atoms with Gasteiger partial charge in [0.1, 0.15) is 11.4 Å². The minimum absolute atomic E-state index is 0.0286. The van der Waals surface area contributed by atoms with Crippen LogP contribution in [-0.4, -0.2) is 65.2 Å². The van der Waals surface area contributed by atoms with Gasteiger partial charge in [-0.15, -0.1) is 0 Å². The SMILES string of the molecule is CCCN1CCN(C(=O)c2cc(-c3ccc(OCC)cc3)n[nH]2)CC1. The van der Waals surface area contributed by atoms with Crippen LogP contribution in [0.4, 0.5) is 0 Å². The van der Waals surface area contributed by atoms with Gasteiger partial charge in [-0.3, -0.25) is 14.8 Å². The summed E-state index contributed by atoms with van der Waals surface area (Å²) in [5, 5.41) is 7.19. The van der Waals surface area contributed by atoms with E-state index in [1.54, 1.807) is 0 Å². The van der Waals surface area contributed by atoms with Crippen molar-refractivity contribution in [2.24, 2.45) is 0 Å². The number of H-pyrrole nitrogens is 1. The summed E-state index contributed by atoms with van der Waals surface area (Å²) in [5.41, 5.74) is 2.29. The first-order valence-electron chi connectivity index (χ1n) is 9.01. The number of aromatic nitrogens is 2. The Hall–Kier alpha value is -2.34. The molecule has 2 heterocycles. The maximum Gasteiger partial charge on any atom is 0.271 e. The second-order valence-electron chi connectivity index (χ2n) is 6.26. The number of ether oxygens (including phenoxy) is 1. The van der Waals surface area contributed by atoms with Gasteiger partial charge in [-0.25, -0.2) is 0 Å². The standard InChI is InChI=1S/C19H26N4O2/c1-3-9-22-10-12-23(13-11-22)19(24)18-14-17(20-21-18)15-5-7-16(8-6-15)25-4-2/h5-8,14H,3-4,9-13H2,1-2H3,(H,20,21). The summed E-state index contributed by atoms with van der Waals surface area (Å²) < 4.78 is 5.45. The Morgan fingerprint density at radius 3 is 2.52 bits per heavy atom. The molecule has 0 atom stereocenters. The van der Waals surface area contributed by atoms with Crippen LogP contribution in [0.2, 0.25) is 0 Å². The van der Waals surface area contributed by atoms with Crippen molar-refractivity contribution in [3.8, 4) is 17.0 Å². The van der Waals surface area contributed by atoms with Crippen molar-refractivity contribution in [2.45, 2.75) is 20.3 Å². The Bertz CT molecular complexity index is 688. The van der Waals surface area contributed by atoms with Crippen molar-refractivity contribution in [3.63, 3.8) is 0 Å². The molecule has 2 aromatic rings. The molecule has 1 aliphatic heterocycles. The van der Waals surface area contributed by atoms with Crippen molar-refractivity contribution in [3.05, 3.63) is 36.0 Å². The number of benzene rings is 1. The molecule has 1 fully saturated rings. The van der Waals surface area contributed by atoms with E-state index in [1.165, 1.54) is 0 Å². The zero-order valence-electron chi connectivity index (χ0n) is 15.0. The minimum Gasteiger partial charge on any atom is -0.494 e. The Balaban J connectivity index is 1.64. The van der Waals surface area contributed by atoms with Crippen LogP contribution in [0.3, 0.4) is 0 Å². The molecule has 25 heavy (non-hydrogen) atoms. The van der Waals surface area contributed by atoms with Crippen LogP contribution in [0.1, 0.15) is 30.8 Å². The predicted molar refractivity (Wildman–Crippen MR) is 97.8 cm³/mol. The molecule has 6 heteroatoms. The van der Waals surface area contributed by atoms with Crippen molar-refractivity contribution in [1.29, 1.82) is 0 Å². The third-order valence-electron chi connectivity index (χ3n) is 4.47. The van der Waals surface area contributed by atoms with E-state index >= 15 is 0 Å². The lowest BCUT2D eigenvalue weighted by atomic mass is 10.1. The first-order valence-corrected chi connectivity index (χ1v) is 9.01. The molecule has 0 unspecified atom stereocenters. The molecule has 1 aromatic carbocycles. The van der Waals surface area contributed by atoms with Crippen LogP contribution in [0.5, 0.6) is 5.75 Å². The summed E-state index contributed by atoms with van der Waals surface area (Å²) >= 11 is 0. The van der Waals surface area contributed by atoms with E-state index in [-0.39, 0.29) is 5.91 Å². The first kappa shape index (κ1) is 17.5. The topological polar surface area (TPSA) is 61.5 Å². The molecular weight excluding hydrogens is 316 g/mol. The van der Waals surface area contributed by atoms with Crippen LogP contribution in [0, 0.1) is 0 Å². The summed E-state index contributed by atoms with van der Waals surface area (Å²) in [6.07, 6.45) is 1.15. The van der Waals surface area contributed by atoms with Gasteiger partial charge < -0.3 is 9.64 Å². The van der Waals surface area contributed by atoms with Gasteiger partial charge in [0, 0.05) is 31.7 Å². The van der Waals surface area contributed by atoms with Crippen molar-refractivity contribution in [2.75, 3.05) is 39.3 Å². The molecule has 134 valence electrons. The number of hydrogen-bond donors (Lipinski definition) is 1. The lowest BCUT2D eigenvalue weighted by Gasteiger charge is -2.34. The third kappa shape index (κ3) is 4.20. The number of amides is 1. The molecule has 3 rings (SSSR count). The monoisotopic (exact) mass is 342 g/mol. The number of rotatable bonds is 6. The normalized spacial score (nSPS) is 15.4. The van der Waals surface area contributed by atoms with Gasteiger partial charge in [-0.1, -0.05) is 6.92 Å². The summed E-state index contributed by atoms with van der Waals surface area (Å²) in [6.45, 7) is 9.33. The Morgan fingerprint density at radius 2 is 1.88 bits per heavy atom. The number of nitrogens with one attached hydrogen (secondary N) is 1. The van der Waals surface area contributed by atoms with E-state index in [9.17, 15) is 4.79 Å². The van der Waals surface area contributed by atoms with E-state index in [0.717, 1.165) is 56.2 Å². The number of nitrogens with zero attached hydrogens (tertiary/aromatic N) is 3. The molecule has 1 aromatic heterocycles. The van der Waals surface area contributed by atoms with E-state index in [0.29, 0.717) is 12.3 Å². The fourth-order valence-corrected chi connectivity index (χ4v) is 3.13. The average Bonchev–Trinajstić information content (AvgIpc) is 3.13. The Kier molecular flexibility index (Phi) is 5.71. The van der Waals surface area contributed by atoms with Crippen LogP contribution in [-0.2, 0) is 0 Å². The van der Waals surface area contributed by atoms with E-state index < -0.39 is 0 Å². The summed E-state index contributed by atoms with van der Waals surface area (Å²) in [4.78, 5) is 17.0. The number of carbonyl (C=O) groups is 1. The lowest BCUT2D eigenvalue weighted by molar-refractivity contribution is 0.0631. The van der Waals surface area contributed by atoms with Gasteiger partial charge >= 0.3 is 0 Å². The quantitative estimate of drug-likeness (QED) is 0.877. The zero-order valence-corrected chi connectivity index (χ0v) is 15.0. The van der Waals surface area contributed by atoms with Crippen LogP contribution < -0.4 is 4.74 Å². The second-order valence-corrected chi connectivity index (χ2v) is 6.26. The number of aromatic amines is 1. The highest BCUT2D eigenvalue weighted by Crippen LogP contribution is 2.22. The van der Waals surface area contributed by atoms with Crippen molar-refractivity contribution in [1.82, 2.24) is 20.0 Å². The highest BCUT2D eigenvalue weighted by Gasteiger charge is 2.23. The van der Waals surface area contributed by atoms with Gasteiger partial charge in [-0.2, -0.15) is 5.10 Å². The van der Waals surface area contributed by atoms with Gasteiger partial charge in [0.25, 0.3) is 5.91 Å². The second kappa shape index (κ2) is 8.16. The molecule has 1 amide bonds. The van der Waals surface area contributed by atoms with Crippen LogP contribution in [0.15, 0.2) is 30.3 Å². The zero-order chi connectivity index (χ0) is 17.6. The van der Waals surface area contributed by atoms with E-state index in [4.69, 9.17) is 4.74 Å². The molecular formula is C19H26N4O2. The summed E-state index contributed by atoms with van der Waals surface area (Å²) in [5.74, 6) is 0.865. The van der Waals surface area contributed by atoms with Crippen LogP contribution in [0.25, 0.3) is 11.3 Å². The molecule has 0 radical (unpaired) electrons. The molecule has 0 spiro atoms. The highest BCUT2D eigenvalue weighted by atomic mass is 16.5. The number of piperazine rings is 1. The molecule has 6 nitrogen and oxygen atoms in total. The minimum atomic E-state index is 0.0286. The smallest absolute Gasteiger partial charge is 0.271 e. The van der Waals surface area contributed by atoms with Gasteiger partial charge in [0.05, 0.1) is 12.3 Å². The van der Waals surface area contributed by atoms with Gasteiger partial charge in [0.15, 0.2) is 0 Å². The van der Waals surface area contributed by atoms with Crippen molar-refractivity contribution < 1.29 is 9.53 Å². The van der Waals surface area contributed by atoms with Gasteiger partial charge in [-0.05, 0) is 50.2 Å². The maximum absolute atomic E-state index is 12.7. The maximum atomic E-state index is 12.7. The molecule has 1 saturated heterocycles. The predicted octanol–water partition coefficient (Wildman–Crippen LogP) is 2.64. The molecule has 0 saturated carbocycles. The largest absolute Gasteiger partial charge is 0.494 e. The summed E-state index contributed by atoms with van der Waals surface area (Å²) in [6, 6.07) is 9.58. The highest BCUT2D eigenvalue weighted by molar-refractivity contribution is 5.93. The summed E-state index contributed by atoms with van der Waals surface area (Å²) in [7, 11) is 0. The Morgan fingerprint density at radius 1 is 1.16 bits per heavy atom. The average molecular weight is 342 g/mol. The van der Waals surface area contributed by atoms with E-state index in [1.807, 2.05) is 42.2 Å². The van der Waals surface area contributed by atoms with E-state index in [2.05, 4.69) is 22.0 Å².